The third-order valence-corrected chi connectivity index (χ3v) is 5.26. The highest BCUT2D eigenvalue weighted by molar-refractivity contribution is 5.93. The summed E-state index contributed by atoms with van der Waals surface area (Å²) in [7, 11) is 0. The second kappa shape index (κ2) is 3.97. The maximum absolute atomic E-state index is 5.02. The highest BCUT2D eigenvalue weighted by atomic mass is 15.2. The molecular formula is C16H22N2. The molecule has 0 spiro atoms. The highest BCUT2D eigenvalue weighted by Crippen LogP contribution is 2.44. The minimum atomic E-state index is 0.583. The van der Waals surface area contributed by atoms with Gasteiger partial charge in [0.2, 0.25) is 0 Å². The zero-order valence-electron chi connectivity index (χ0n) is 11.2. The molecule has 96 valence electrons. The summed E-state index contributed by atoms with van der Waals surface area (Å²) in [5, 5.41) is 0. The first-order valence-electron chi connectivity index (χ1n) is 7.59. The smallest absolute Gasteiger partial charge is 0.0498 e. The lowest BCUT2D eigenvalue weighted by Crippen LogP contribution is -2.45. The van der Waals surface area contributed by atoms with Crippen molar-refractivity contribution >= 4 is 5.71 Å². The molecule has 2 heteroatoms. The minimum absolute atomic E-state index is 0.583. The monoisotopic (exact) mass is 242 g/mol. The molecular weight excluding hydrogens is 220 g/mol. The van der Waals surface area contributed by atoms with Crippen LogP contribution in [0.2, 0.25) is 0 Å². The fourth-order valence-electron chi connectivity index (χ4n) is 4.39. The Morgan fingerprint density at radius 1 is 1.28 bits per heavy atom. The molecule has 1 fully saturated rings. The van der Waals surface area contributed by atoms with E-state index in [2.05, 4.69) is 24.1 Å². The van der Waals surface area contributed by atoms with Crippen molar-refractivity contribution < 1.29 is 0 Å². The van der Waals surface area contributed by atoms with Gasteiger partial charge in [0, 0.05) is 35.8 Å². The van der Waals surface area contributed by atoms with Gasteiger partial charge in [0.05, 0.1) is 0 Å². The zero-order valence-corrected chi connectivity index (χ0v) is 11.2. The van der Waals surface area contributed by atoms with E-state index in [0.29, 0.717) is 18.0 Å². The summed E-state index contributed by atoms with van der Waals surface area (Å²) in [4.78, 5) is 7.63. The Hall–Kier alpha value is -1.05. The van der Waals surface area contributed by atoms with Crippen LogP contribution in [0.5, 0.6) is 0 Å². The van der Waals surface area contributed by atoms with Gasteiger partial charge >= 0.3 is 0 Å². The largest absolute Gasteiger partial charge is 0.368 e. The van der Waals surface area contributed by atoms with E-state index in [4.69, 9.17) is 4.99 Å². The summed E-state index contributed by atoms with van der Waals surface area (Å²) in [6.45, 7) is 2.39. The molecule has 0 aromatic carbocycles. The number of allylic oxidation sites excluding steroid dienone is 1. The van der Waals surface area contributed by atoms with Crippen LogP contribution in [0.25, 0.3) is 0 Å². The normalized spacial score (nSPS) is 38.2. The van der Waals surface area contributed by atoms with Crippen molar-refractivity contribution in [2.75, 3.05) is 0 Å². The molecule has 3 unspecified atom stereocenters. The van der Waals surface area contributed by atoms with E-state index in [-0.39, 0.29) is 0 Å². The second-order valence-corrected chi connectivity index (χ2v) is 6.25. The van der Waals surface area contributed by atoms with Gasteiger partial charge in [-0.15, -0.1) is 0 Å². The first kappa shape index (κ1) is 10.8. The van der Waals surface area contributed by atoms with Gasteiger partial charge in [0.1, 0.15) is 0 Å². The molecule has 0 aromatic heterocycles. The Morgan fingerprint density at radius 3 is 3.17 bits per heavy atom. The predicted molar refractivity (Wildman–Crippen MR) is 74.5 cm³/mol. The summed E-state index contributed by atoms with van der Waals surface area (Å²) in [5.41, 5.74) is 4.66. The van der Waals surface area contributed by atoms with Gasteiger partial charge in [-0.3, -0.25) is 4.99 Å². The zero-order chi connectivity index (χ0) is 12.1. The summed E-state index contributed by atoms with van der Waals surface area (Å²) in [6.07, 6.45) is 13.8. The molecule has 0 radical (unpaired) electrons. The van der Waals surface area contributed by atoms with Crippen LogP contribution < -0.4 is 0 Å². The van der Waals surface area contributed by atoms with Crippen LogP contribution in [0.3, 0.4) is 0 Å². The van der Waals surface area contributed by atoms with Crippen molar-refractivity contribution in [1.82, 2.24) is 4.90 Å². The number of rotatable bonds is 0. The van der Waals surface area contributed by atoms with Gasteiger partial charge in [-0.1, -0.05) is 12.5 Å². The molecule has 0 bridgehead atoms. The van der Waals surface area contributed by atoms with Crippen LogP contribution in [0, 0.1) is 5.92 Å². The number of fused-ring (bicyclic) bond motifs is 3. The molecule has 3 heterocycles. The Labute approximate surface area is 109 Å². The quantitative estimate of drug-likeness (QED) is 0.633. The molecule has 0 aromatic rings. The minimum Gasteiger partial charge on any atom is -0.368 e. The molecule has 1 aliphatic carbocycles. The van der Waals surface area contributed by atoms with Gasteiger partial charge in [-0.25, -0.2) is 0 Å². The van der Waals surface area contributed by atoms with Crippen LogP contribution in [-0.4, -0.2) is 22.7 Å². The summed E-state index contributed by atoms with van der Waals surface area (Å²) >= 11 is 0. The summed E-state index contributed by atoms with van der Waals surface area (Å²) in [5.74, 6) is 0.708. The van der Waals surface area contributed by atoms with E-state index in [0.717, 1.165) is 0 Å². The second-order valence-electron chi connectivity index (χ2n) is 6.25. The Balaban J connectivity index is 1.71. The molecule has 2 nitrogen and oxygen atoms in total. The molecule has 0 saturated heterocycles. The molecule has 3 atom stereocenters. The van der Waals surface area contributed by atoms with Crippen molar-refractivity contribution in [3.63, 3.8) is 0 Å². The Morgan fingerprint density at radius 2 is 2.22 bits per heavy atom. The van der Waals surface area contributed by atoms with Crippen LogP contribution >= 0.6 is 0 Å². The van der Waals surface area contributed by atoms with Crippen LogP contribution in [-0.2, 0) is 0 Å². The van der Waals surface area contributed by atoms with Gasteiger partial charge in [0.25, 0.3) is 0 Å². The fourth-order valence-corrected chi connectivity index (χ4v) is 4.39. The maximum atomic E-state index is 5.02. The molecule has 4 aliphatic rings. The van der Waals surface area contributed by atoms with Crippen LogP contribution in [0.1, 0.15) is 51.9 Å². The van der Waals surface area contributed by atoms with E-state index >= 15 is 0 Å². The van der Waals surface area contributed by atoms with Gasteiger partial charge in [0.15, 0.2) is 0 Å². The molecule has 0 amide bonds. The number of nitrogens with zero attached hydrogens (tertiary/aromatic N) is 2. The standard InChI is InChI=1S/C16H22N2/c1-11-16-13-7-2-3-8-14(13)17-15(16)10-12-6-4-5-9-18(11)12/h5,9,11-13H,2-4,6-8,10H2,1H3. The van der Waals surface area contributed by atoms with E-state index in [9.17, 15) is 0 Å². The van der Waals surface area contributed by atoms with Crippen molar-refractivity contribution in [2.45, 2.75) is 64.0 Å². The van der Waals surface area contributed by atoms with Crippen LogP contribution in [0.15, 0.2) is 28.5 Å². The molecule has 4 rings (SSSR count). The summed E-state index contributed by atoms with van der Waals surface area (Å²) < 4.78 is 0. The lowest BCUT2D eigenvalue weighted by molar-refractivity contribution is 0.190. The molecule has 1 saturated carbocycles. The van der Waals surface area contributed by atoms with Crippen molar-refractivity contribution in [3.05, 3.63) is 23.5 Å². The number of aliphatic imine (C=N–C) groups is 1. The Kier molecular flexibility index (Phi) is 2.39. The lowest BCUT2D eigenvalue weighted by Gasteiger charge is -2.44. The fraction of sp³-hybridized carbons (Fsp3) is 0.688. The first-order valence-corrected chi connectivity index (χ1v) is 7.59. The number of hydrogen-bond donors (Lipinski definition) is 0. The average Bonchev–Trinajstić information content (AvgIpc) is 2.77. The molecule has 3 aliphatic heterocycles. The van der Waals surface area contributed by atoms with Gasteiger partial charge < -0.3 is 4.90 Å². The van der Waals surface area contributed by atoms with E-state index in [1.54, 1.807) is 5.57 Å². The molecule has 18 heavy (non-hydrogen) atoms. The highest BCUT2D eigenvalue weighted by Gasteiger charge is 2.41. The third kappa shape index (κ3) is 1.44. The topological polar surface area (TPSA) is 15.6 Å². The number of hydrogen-bond acceptors (Lipinski definition) is 2. The Bertz CT molecular complexity index is 458. The van der Waals surface area contributed by atoms with E-state index in [1.165, 1.54) is 56.4 Å². The lowest BCUT2D eigenvalue weighted by atomic mass is 9.78. The summed E-state index contributed by atoms with van der Waals surface area (Å²) in [6, 6.07) is 1.30. The first-order chi connectivity index (χ1) is 8.84. The molecule has 0 N–H and O–H groups in total. The maximum Gasteiger partial charge on any atom is 0.0498 e. The van der Waals surface area contributed by atoms with Crippen molar-refractivity contribution in [3.8, 4) is 0 Å². The van der Waals surface area contributed by atoms with Crippen molar-refractivity contribution in [2.24, 2.45) is 10.9 Å². The van der Waals surface area contributed by atoms with Gasteiger partial charge in [-0.05, 0) is 50.8 Å². The van der Waals surface area contributed by atoms with E-state index in [1.807, 2.05) is 0 Å². The SMILES string of the molecule is CC1C2=C(CC3CCC=CN31)N=C1CCCCC12. The van der Waals surface area contributed by atoms with Gasteiger partial charge in [-0.2, -0.15) is 0 Å². The van der Waals surface area contributed by atoms with Crippen LogP contribution in [0.4, 0.5) is 0 Å². The average molecular weight is 242 g/mol. The van der Waals surface area contributed by atoms with E-state index < -0.39 is 0 Å². The third-order valence-electron chi connectivity index (χ3n) is 5.26. The van der Waals surface area contributed by atoms with Crippen molar-refractivity contribution in [1.29, 1.82) is 0 Å². The predicted octanol–water partition coefficient (Wildman–Crippen LogP) is 3.66.